The van der Waals surface area contributed by atoms with Crippen molar-refractivity contribution in [2.75, 3.05) is 31.5 Å². The fourth-order valence-corrected chi connectivity index (χ4v) is 5.10. The van der Waals surface area contributed by atoms with E-state index in [0.717, 1.165) is 0 Å². The summed E-state index contributed by atoms with van der Waals surface area (Å²) < 4.78 is 16.0. The summed E-state index contributed by atoms with van der Waals surface area (Å²) in [5.74, 6) is -0.145. The number of hydrogen-bond acceptors (Lipinski definition) is 7. The third-order valence-corrected chi connectivity index (χ3v) is 7.08. The molecule has 4 aromatic carbocycles. The van der Waals surface area contributed by atoms with Crippen molar-refractivity contribution >= 4 is 28.9 Å². The summed E-state index contributed by atoms with van der Waals surface area (Å²) in [6, 6.07) is 24.3. The van der Waals surface area contributed by atoms with Crippen LogP contribution < -0.4 is 24.4 Å². The number of rotatable bonds is 8. The van der Waals surface area contributed by atoms with Crippen molar-refractivity contribution in [1.82, 2.24) is 0 Å². The van der Waals surface area contributed by atoms with E-state index >= 15 is 0 Å². The zero-order valence-corrected chi connectivity index (χ0v) is 22.6. The molecule has 0 bridgehead atoms. The average Bonchev–Trinajstić information content (AvgIpc) is 3.01. The number of nitrogens with zero attached hydrogens (tertiary/aromatic N) is 2. The van der Waals surface area contributed by atoms with Gasteiger partial charge in [0.1, 0.15) is 17.2 Å². The van der Waals surface area contributed by atoms with E-state index in [-0.39, 0.29) is 23.0 Å². The standard InChI is InChI=1S/C31H27N3O7/c1-39-22-13-8-19(9-14-22)29-28(30(35)32-26-18-21(34(37)38)12-17-27(26)41-3)24-6-4-5-7-25(24)31(36)33(29)20-10-15-23(40-2)16-11-20/h4-18,28-29H,1-3H3,(H,32,35). The molecule has 2 atom stereocenters. The van der Waals surface area contributed by atoms with E-state index < -0.39 is 22.8 Å². The van der Waals surface area contributed by atoms with Crippen LogP contribution in [-0.2, 0) is 4.79 Å². The molecule has 5 rings (SSSR count). The summed E-state index contributed by atoms with van der Waals surface area (Å²) in [6.07, 6.45) is 0. The van der Waals surface area contributed by atoms with Gasteiger partial charge < -0.3 is 19.5 Å². The lowest BCUT2D eigenvalue weighted by atomic mass is 9.78. The van der Waals surface area contributed by atoms with E-state index in [1.807, 2.05) is 12.1 Å². The highest BCUT2D eigenvalue weighted by Crippen LogP contribution is 2.46. The largest absolute Gasteiger partial charge is 0.497 e. The smallest absolute Gasteiger partial charge is 0.271 e. The van der Waals surface area contributed by atoms with Gasteiger partial charge in [-0.15, -0.1) is 0 Å². The number of methoxy groups -OCH3 is 3. The molecule has 0 radical (unpaired) electrons. The Morgan fingerprint density at radius 1 is 0.854 bits per heavy atom. The Balaban J connectivity index is 1.68. The lowest BCUT2D eigenvalue weighted by Gasteiger charge is -2.42. The maximum absolute atomic E-state index is 14.3. The molecule has 1 heterocycles. The Bertz CT molecular complexity index is 1600. The van der Waals surface area contributed by atoms with Crippen molar-refractivity contribution in [2.45, 2.75) is 12.0 Å². The molecule has 41 heavy (non-hydrogen) atoms. The summed E-state index contributed by atoms with van der Waals surface area (Å²) in [4.78, 5) is 40.8. The molecule has 1 N–H and O–H groups in total. The van der Waals surface area contributed by atoms with Crippen LogP contribution in [-0.4, -0.2) is 38.1 Å². The summed E-state index contributed by atoms with van der Waals surface area (Å²) in [7, 11) is 4.53. The maximum Gasteiger partial charge on any atom is 0.271 e. The zero-order chi connectivity index (χ0) is 29.1. The van der Waals surface area contributed by atoms with E-state index in [4.69, 9.17) is 14.2 Å². The number of nitro benzene ring substituents is 1. The molecule has 208 valence electrons. The van der Waals surface area contributed by atoms with Gasteiger partial charge >= 0.3 is 0 Å². The Hall–Kier alpha value is -5.38. The van der Waals surface area contributed by atoms with Gasteiger partial charge in [-0.1, -0.05) is 30.3 Å². The SMILES string of the molecule is COc1ccc(C2C(C(=O)Nc3cc([N+](=O)[O-])ccc3OC)c3ccccc3C(=O)N2c2ccc(OC)cc2)cc1. The Kier molecular flexibility index (Phi) is 7.55. The number of nitrogens with one attached hydrogen (secondary N) is 1. The molecule has 2 amide bonds. The van der Waals surface area contributed by atoms with Crippen LogP contribution in [0.2, 0.25) is 0 Å². The van der Waals surface area contributed by atoms with Crippen LogP contribution in [0.5, 0.6) is 17.2 Å². The van der Waals surface area contributed by atoms with Crippen molar-refractivity contribution in [3.63, 3.8) is 0 Å². The van der Waals surface area contributed by atoms with E-state index in [2.05, 4.69) is 5.32 Å². The summed E-state index contributed by atoms with van der Waals surface area (Å²) in [5.41, 5.74) is 2.11. The summed E-state index contributed by atoms with van der Waals surface area (Å²) >= 11 is 0. The molecule has 0 fully saturated rings. The van der Waals surface area contributed by atoms with Crippen LogP contribution in [0.25, 0.3) is 0 Å². The van der Waals surface area contributed by atoms with Crippen LogP contribution >= 0.6 is 0 Å². The van der Waals surface area contributed by atoms with Crippen molar-refractivity contribution in [3.05, 3.63) is 118 Å². The van der Waals surface area contributed by atoms with Crippen molar-refractivity contribution in [2.24, 2.45) is 0 Å². The van der Waals surface area contributed by atoms with Crippen LogP contribution in [0.15, 0.2) is 91.0 Å². The van der Waals surface area contributed by atoms with Crippen LogP contribution in [0, 0.1) is 10.1 Å². The molecule has 2 unspecified atom stereocenters. The predicted octanol–water partition coefficient (Wildman–Crippen LogP) is 5.74. The molecule has 10 nitrogen and oxygen atoms in total. The van der Waals surface area contributed by atoms with Gasteiger partial charge in [-0.25, -0.2) is 0 Å². The fourth-order valence-electron chi connectivity index (χ4n) is 5.10. The number of non-ortho nitro benzene ring substituents is 1. The van der Waals surface area contributed by atoms with Gasteiger partial charge in [0.05, 0.1) is 43.9 Å². The van der Waals surface area contributed by atoms with E-state index in [0.29, 0.717) is 33.9 Å². The number of anilines is 2. The Morgan fingerprint density at radius 2 is 1.49 bits per heavy atom. The van der Waals surface area contributed by atoms with E-state index in [1.165, 1.54) is 25.3 Å². The second-order valence-corrected chi connectivity index (χ2v) is 9.29. The highest BCUT2D eigenvalue weighted by Gasteiger charge is 2.45. The van der Waals surface area contributed by atoms with Crippen molar-refractivity contribution in [1.29, 1.82) is 0 Å². The molecule has 0 saturated heterocycles. The third kappa shape index (κ3) is 5.14. The first-order chi connectivity index (χ1) is 19.9. The lowest BCUT2D eigenvalue weighted by molar-refractivity contribution is -0.384. The first kappa shape index (κ1) is 27.2. The van der Waals surface area contributed by atoms with Crippen molar-refractivity contribution in [3.8, 4) is 17.2 Å². The minimum absolute atomic E-state index is 0.144. The molecule has 4 aromatic rings. The molecule has 0 spiro atoms. The molecule has 1 aliphatic rings. The minimum atomic E-state index is -0.900. The number of carbonyl (C=O) groups excluding carboxylic acids is 2. The van der Waals surface area contributed by atoms with Gasteiger partial charge in [0, 0.05) is 23.4 Å². The van der Waals surface area contributed by atoms with Crippen molar-refractivity contribution < 1.29 is 28.7 Å². The normalized spacial score (nSPS) is 16.0. The van der Waals surface area contributed by atoms with Gasteiger partial charge in [-0.3, -0.25) is 24.6 Å². The fraction of sp³-hybridized carbons (Fsp3) is 0.161. The Labute approximate surface area is 236 Å². The summed E-state index contributed by atoms with van der Waals surface area (Å²) in [5, 5.41) is 14.3. The van der Waals surface area contributed by atoms with Gasteiger partial charge in [0.2, 0.25) is 5.91 Å². The third-order valence-electron chi connectivity index (χ3n) is 7.08. The minimum Gasteiger partial charge on any atom is -0.497 e. The van der Waals surface area contributed by atoms with Gasteiger partial charge in [-0.05, 0) is 59.7 Å². The molecule has 0 aromatic heterocycles. The average molecular weight is 554 g/mol. The van der Waals surface area contributed by atoms with Gasteiger partial charge in [0.15, 0.2) is 0 Å². The summed E-state index contributed by atoms with van der Waals surface area (Å²) in [6.45, 7) is 0. The number of hydrogen-bond donors (Lipinski definition) is 1. The second-order valence-electron chi connectivity index (χ2n) is 9.29. The monoisotopic (exact) mass is 553 g/mol. The number of benzene rings is 4. The van der Waals surface area contributed by atoms with Gasteiger partial charge in [0.25, 0.3) is 11.6 Å². The number of amides is 2. The maximum atomic E-state index is 14.3. The molecule has 0 saturated carbocycles. The van der Waals surface area contributed by atoms with Crippen LogP contribution in [0.3, 0.4) is 0 Å². The first-order valence-corrected chi connectivity index (χ1v) is 12.7. The topological polar surface area (TPSA) is 120 Å². The van der Waals surface area contributed by atoms with Crippen LogP contribution in [0.1, 0.15) is 33.4 Å². The highest BCUT2D eigenvalue weighted by molar-refractivity contribution is 6.12. The quantitative estimate of drug-likeness (QED) is 0.218. The number of carbonyl (C=O) groups is 2. The van der Waals surface area contributed by atoms with Gasteiger partial charge in [-0.2, -0.15) is 0 Å². The first-order valence-electron chi connectivity index (χ1n) is 12.7. The van der Waals surface area contributed by atoms with E-state index in [1.54, 1.807) is 79.8 Å². The molecular weight excluding hydrogens is 526 g/mol. The highest BCUT2D eigenvalue weighted by atomic mass is 16.6. The molecule has 0 aliphatic carbocycles. The lowest BCUT2D eigenvalue weighted by Crippen LogP contribution is -2.46. The van der Waals surface area contributed by atoms with E-state index in [9.17, 15) is 19.7 Å². The molecule has 10 heteroatoms. The molecule has 1 aliphatic heterocycles. The molecular formula is C31H27N3O7. The predicted molar refractivity (Wildman–Crippen MR) is 153 cm³/mol. The number of ether oxygens (including phenoxy) is 3. The van der Waals surface area contributed by atoms with Crippen LogP contribution in [0.4, 0.5) is 17.1 Å². The Morgan fingerprint density at radius 3 is 2.10 bits per heavy atom. The number of fused-ring (bicyclic) bond motifs is 1. The number of nitro groups is 1. The zero-order valence-electron chi connectivity index (χ0n) is 22.6. The second kappa shape index (κ2) is 11.4.